The first-order chi connectivity index (χ1) is 19.8. The van der Waals surface area contributed by atoms with Crippen LogP contribution in [0, 0.1) is 20.8 Å². The van der Waals surface area contributed by atoms with Crippen LogP contribution in [-0.4, -0.2) is 30.6 Å². The van der Waals surface area contributed by atoms with E-state index in [0.29, 0.717) is 20.9 Å². The van der Waals surface area contributed by atoms with Crippen LogP contribution in [0.2, 0.25) is 15.1 Å². The maximum Gasteiger partial charge on any atom is 0.211 e. The van der Waals surface area contributed by atoms with Gasteiger partial charge in [-0.15, -0.1) is 10.2 Å². The molecule has 3 aromatic rings. The van der Waals surface area contributed by atoms with Gasteiger partial charge in [-0.3, -0.25) is 5.43 Å². The normalized spacial score (nSPS) is 10.4. The minimum atomic E-state index is -0.0792. The highest BCUT2D eigenvalue weighted by Crippen LogP contribution is 2.18. The van der Waals surface area contributed by atoms with Crippen molar-refractivity contribution in [2.24, 2.45) is 54.2 Å². The average molecular weight is 631 g/mol. The van der Waals surface area contributed by atoms with Gasteiger partial charge >= 0.3 is 0 Å². The molecule has 0 atom stereocenters. The molecule has 0 heterocycles. The molecule has 42 heavy (non-hydrogen) atoms. The fraction of sp³-hybridized carbons (Fsp3) is 0.107. The van der Waals surface area contributed by atoms with Crippen LogP contribution in [0.15, 0.2) is 92.5 Å². The Bertz CT molecular complexity index is 1490. The molecule has 0 bridgehead atoms. The van der Waals surface area contributed by atoms with E-state index in [0.717, 1.165) is 33.4 Å². The number of aryl methyl sites for hydroxylation is 3. The van der Waals surface area contributed by atoms with E-state index in [4.69, 9.17) is 63.5 Å². The number of nitrogens with one attached hydrogen (secondary N) is 1. The molecule has 3 rings (SSSR count). The summed E-state index contributed by atoms with van der Waals surface area (Å²) in [4.78, 5) is 0. The van der Waals surface area contributed by atoms with E-state index < -0.39 is 0 Å². The van der Waals surface area contributed by atoms with Crippen LogP contribution in [0.25, 0.3) is 0 Å². The number of rotatable bonds is 7. The first-order valence-electron chi connectivity index (χ1n) is 12.0. The van der Waals surface area contributed by atoms with Crippen LogP contribution in [0.3, 0.4) is 0 Å². The molecule has 14 heteroatoms. The molecule has 0 fully saturated rings. The molecular weight excluding hydrogens is 597 g/mol. The number of guanidine groups is 2. The van der Waals surface area contributed by atoms with Crippen molar-refractivity contribution in [1.29, 1.82) is 0 Å². The van der Waals surface area contributed by atoms with Gasteiger partial charge in [0.25, 0.3) is 0 Å². The van der Waals surface area contributed by atoms with Crippen LogP contribution < -0.4 is 34.1 Å². The Morgan fingerprint density at radius 3 is 1.83 bits per heavy atom. The highest BCUT2D eigenvalue weighted by atomic mass is 35.5. The second-order valence-electron chi connectivity index (χ2n) is 8.46. The van der Waals surface area contributed by atoms with Crippen LogP contribution in [0.5, 0.6) is 0 Å². The maximum atomic E-state index is 6.01. The molecule has 0 aliphatic rings. The van der Waals surface area contributed by atoms with Crippen molar-refractivity contribution < 1.29 is 0 Å². The lowest BCUT2D eigenvalue weighted by Crippen LogP contribution is -2.21. The second kappa shape index (κ2) is 18.7. The molecule has 0 saturated carbocycles. The van der Waals surface area contributed by atoms with Gasteiger partial charge in [-0.25, -0.2) is 0 Å². The molecule has 0 aromatic heterocycles. The van der Waals surface area contributed by atoms with Crippen molar-refractivity contribution >= 4 is 65.4 Å². The highest BCUT2D eigenvalue weighted by molar-refractivity contribution is 6.34. The zero-order chi connectivity index (χ0) is 31.7. The molecule has 0 unspecified atom stereocenters. The molecule has 3 aromatic carbocycles. The lowest BCUT2D eigenvalue weighted by atomic mass is 10.1. The Labute approximate surface area is 260 Å². The predicted molar refractivity (Wildman–Crippen MR) is 179 cm³/mol. The van der Waals surface area contributed by atoms with Crippen LogP contribution in [-0.2, 0) is 0 Å². The summed E-state index contributed by atoms with van der Waals surface area (Å²) < 4.78 is 0. The van der Waals surface area contributed by atoms with Gasteiger partial charge in [-0.2, -0.15) is 15.3 Å². The quantitative estimate of drug-likeness (QED) is 0.126. The Kier molecular flexibility index (Phi) is 15.8. The minimum Gasteiger partial charge on any atom is -0.385 e. The van der Waals surface area contributed by atoms with Gasteiger partial charge in [-0.1, -0.05) is 83.3 Å². The van der Waals surface area contributed by atoms with E-state index in [-0.39, 0.29) is 11.9 Å². The lowest BCUT2D eigenvalue weighted by molar-refractivity contribution is 0.882. The van der Waals surface area contributed by atoms with Crippen molar-refractivity contribution in [3.63, 3.8) is 0 Å². The topological polar surface area (TPSA) is 204 Å². The van der Waals surface area contributed by atoms with Gasteiger partial charge in [-0.05, 0) is 50.1 Å². The third-order valence-corrected chi connectivity index (χ3v) is 5.87. The summed E-state index contributed by atoms with van der Waals surface area (Å²) in [6.07, 6.45) is 4.62. The van der Waals surface area contributed by atoms with Gasteiger partial charge in [0.15, 0.2) is 0 Å². The number of nitrogens with zero attached hydrogens (tertiary/aromatic N) is 5. The molecule has 0 spiro atoms. The summed E-state index contributed by atoms with van der Waals surface area (Å²) in [6.45, 7) is 9.31. The minimum absolute atomic E-state index is 0.0787. The molecule has 11 nitrogen and oxygen atoms in total. The summed E-state index contributed by atoms with van der Waals surface area (Å²) in [6, 6.07) is 17.0. The zero-order valence-electron chi connectivity index (χ0n) is 23.4. The van der Waals surface area contributed by atoms with Gasteiger partial charge in [0, 0.05) is 26.7 Å². The molecule has 11 N–H and O–H groups in total. The van der Waals surface area contributed by atoms with E-state index in [9.17, 15) is 0 Å². The zero-order valence-corrected chi connectivity index (χ0v) is 25.7. The summed E-state index contributed by atoms with van der Waals surface area (Å²) >= 11 is 17.9. The maximum absolute atomic E-state index is 6.01. The Morgan fingerprint density at radius 2 is 1.26 bits per heavy atom. The molecule has 0 saturated heterocycles. The van der Waals surface area contributed by atoms with E-state index in [1.165, 1.54) is 12.4 Å². The van der Waals surface area contributed by atoms with Crippen molar-refractivity contribution in [3.8, 4) is 0 Å². The molecule has 0 aliphatic carbocycles. The first kappa shape index (κ1) is 35.4. The van der Waals surface area contributed by atoms with Crippen molar-refractivity contribution in [2.75, 3.05) is 0 Å². The van der Waals surface area contributed by atoms with E-state index in [1.807, 2.05) is 75.4 Å². The van der Waals surface area contributed by atoms with Crippen LogP contribution in [0.1, 0.15) is 33.4 Å². The number of hydrogen-bond acceptors (Lipinski definition) is 7. The Morgan fingerprint density at radius 1 is 0.690 bits per heavy atom. The van der Waals surface area contributed by atoms with Gasteiger partial charge < -0.3 is 28.7 Å². The standard InChI is InChI=1S/C10H12ClN3.2C9H11ClN4/c1-7-3-4-10(11)9(5-7)6-13-14-8(2)12;1-6-2-3-7(8(10)4-6)5-13-14-9(11)12;1-6-3-2-4-7(8(6)10)5-13-14-9(11)12/h3-6,14H,2,12H2,1H3;2*2-5H,1H3,(H4,11,12,14)/b13-6+;2*13-5+. The number of nitrogens with two attached hydrogens (primary N) is 5. The number of benzene rings is 3. The molecule has 0 radical (unpaired) electrons. The fourth-order valence-corrected chi connectivity index (χ4v) is 3.39. The second-order valence-corrected chi connectivity index (χ2v) is 9.65. The predicted octanol–water partition coefficient (Wildman–Crippen LogP) is 4.51. The molecule has 0 amide bonds. The Hall–Kier alpha value is -4.58. The summed E-state index contributed by atoms with van der Waals surface area (Å²) in [5.74, 6) is 0.138. The van der Waals surface area contributed by atoms with E-state index >= 15 is 0 Å². The third-order valence-electron chi connectivity index (χ3n) is 4.68. The molecular formula is C28H34Cl3N11. The summed E-state index contributed by atoms with van der Waals surface area (Å²) in [5.41, 5.74) is 33.8. The number of hydrogen-bond donors (Lipinski definition) is 6. The van der Waals surface area contributed by atoms with E-state index in [1.54, 1.807) is 6.21 Å². The summed E-state index contributed by atoms with van der Waals surface area (Å²) in [5, 5.41) is 20.1. The SMILES string of the molecule is C=C(N)N/N=C/c1cc(C)ccc1Cl.Cc1ccc(/C=N/N=C(N)N)c(Cl)c1.Cc1cccc(/C=N/N=C(N)N)c1Cl. The van der Waals surface area contributed by atoms with Crippen LogP contribution in [0.4, 0.5) is 0 Å². The third kappa shape index (κ3) is 14.7. The molecule has 222 valence electrons. The highest BCUT2D eigenvalue weighted by Gasteiger charge is 1.99. The Balaban J connectivity index is 0.000000315. The van der Waals surface area contributed by atoms with Gasteiger partial charge in [0.1, 0.15) is 5.82 Å². The van der Waals surface area contributed by atoms with E-state index in [2.05, 4.69) is 37.5 Å². The average Bonchev–Trinajstić information content (AvgIpc) is 2.90. The van der Waals surface area contributed by atoms with Gasteiger partial charge in [0.05, 0.1) is 23.7 Å². The summed E-state index contributed by atoms with van der Waals surface area (Å²) in [7, 11) is 0. The van der Waals surface area contributed by atoms with Crippen molar-refractivity contribution in [1.82, 2.24) is 5.43 Å². The lowest BCUT2D eigenvalue weighted by Gasteiger charge is -2.00. The number of hydrazone groups is 1. The van der Waals surface area contributed by atoms with Crippen LogP contribution >= 0.6 is 34.8 Å². The number of halogens is 3. The van der Waals surface area contributed by atoms with Crippen molar-refractivity contribution in [2.45, 2.75) is 20.8 Å². The van der Waals surface area contributed by atoms with Crippen molar-refractivity contribution in [3.05, 3.63) is 115 Å². The smallest absolute Gasteiger partial charge is 0.211 e. The van der Waals surface area contributed by atoms with Gasteiger partial charge in [0.2, 0.25) is 11.9 Å². The molecule has 0 aliphatic heterocycles. The monoisotopic (exact) mass is 629 g/mol. The fourth-order valence-electron chi connectivity index (χ4n) is 2.77. The largest absolute Gasteiger partial charge is 0.385 e. The first-order valence-corrected chi connectivity index (χ1v) is 13.2.